The molecule has 0 spiro atoms. The van der Waals surface area contributed by atoms with Gasteiger partial charge in [0.2, 0.25) is 0 Å². The molecule has 2 atom stereocenters. The molecule has 2 N–H and O–H groups in total. The minimum absolute atomic E-state index is 0.00470. The number of anilines is 2. The fourth-order valence-corrected chi connectivity index (χ4v) is 4.98. The number of likely N-dealkylation sites (tertiary alicyclic amines) is 1. The van der Waals surface area contributed by atoms with Crippen molar-refractivity contribution >= 4 is 22.4 Å². The van der Waals surface area contributed by atoms with Crippen molar-refractivity contribution < 1.29 is 0 Å². The van der Waals surface area contributed by atoms with Crippen LogP contribution in [0.1, 0.15) is 50.6 Å². The Morgan fingerprint density at radius 3 is 2.74 bits per heavy atom. The van der Waals surface area contributed by atoms with Crippen LogP contribution >= 0.6 is 0 Å². The van der Waals surface area contributed by atoms with E-state index in [-0.39, 0.29) is 17.1 Å². The van der Waals surface area contributed by atoms with E-state index in [0.29, 0.717) is 23.5 Å². The number of hydrogen-bond donors (Lipinski definition) is 2. The van der Waals surface area contributed by atoms with E-state index in [1.54, 1.807) is 6.20 Å². The van der Waals surface area contributed by atoms with E-state index < -0.39 is 0 Å². The Labute approximate surface area is 181 Å². The fraction of sp³-hybridized carbons (Fsp3) is 0.458. The van der Waals surface area contributed by atoms with Crippen molar-refractivity contribution in [3.05, 3.63) is 52.4 Å². The van der Waals surface area contributed by atoms with Gasteiger partial charge in [-0.25, -0.2) is 0 Å². The van der Waals surface area contributed by atoms with Crippen LogP contribution in [-0.4, -0.2) is 33.3 Å². The largest absolute Gasteiger partial charge is 0.338 e. The molecule has 31 heavy (non-hydrogen) atoms. The van der Waals surface area contributed by atoms with Gasteiger partial charge in [-0.05, 0) is 75.9 Å². The third-order valence-electron chi connectivity index (χ3n) is 7.18. The highest BCUT2D eigenvalue weighted by Gasteiger charge is 2.36. The molecular weight excluding hydrogens is 388 g/mol. The van der Waals surface area contributed by atoms with Crippen molar-refractivity contribution in [2.24, 2.45) is 5.92 Å². The number of pyridine rings is 1. The van der Waals surface area contributed by atoms with Crippen LogP contribution in [0.5, 0.6) is 0 Å². The third kappa shape index (κ3) is 3.41. The van der Waals surface area contributed by atoms with Crippen molar-refractivity contribution in [2.75, 3.05) is 18.9 Å². The Morgan fingerprint density at radius 1 is 1.32 bits per heavy atom. The van der Waals surface area contributed by atoms with Crippen LogP contribution < -0.4 is 10.9 Å². The number of hydrogen-bond acceptors (Lipinski definition) is 5. The Morgan fingerprint density at radius 2 is 2.10 bits per heavy atom. The Bertz CT molecular complexity index is 1200. The second-order valence-electron chi connectivity index (χ2n) is 9.13. The summed E-state index contributed by atoms with van der Waals surface area (Å²) in [5.74, 6) is 0.996. The van der Waals surface area contributed by atoms with Crippen molar-refractivity contribution in [1.82, 2.24) is 19.7 Å². The predicted octanol–water partition coefficient (Wildman–Crippen LogP) is 4.27. The first kappa shape index (κ1) is 19.8. The van der Waals surface area contributed by atoms with E-state index >= 15 is 0 Å². The lowest BCUT2D eigenvalue weighted by atomic mass is 9.89. The molecule has 0 bridgehead atoms. The Balaban J connectivity index is 1.50. The van der Waals surface area contributed by atoms with Gasteiger partial charge in [0.05, 0.1) is 24.0 Å². The molecule has 0 radical (unpaired) electrons. The van der Waals surface area contributed by atoms with Crippen LogP contribution in [0.15, 0.2) is 41.3 Å². The number of nitriles is 1. The average molecular weight is 417 g/mol. The Kier molecular flexibility index (Phi) is 4.82. The zero-order valence-electron chi connectivity index (χ0n) is 18.1. The third-order valence-corrected chi connectivity index (χ3v) is 7.18. The first-order valence-corrected chi connectivity index (χ1v) is 11.1. The number of aromatic amines is 1. The van der Waals surface area contributed by atoms with E-state index in [0.717, 1.165) is 37.0 Å². The summed E-state index contributed by atoms with van der Waals surface area (Å²) in [5.41, 5.74) is 2.86. The van der Waals surface area contributed by atoms with Gasteiger partial charge < -0.3 is 10.3 Å². The minimum Gasteiger partial charge on any atom is -0.338 e. The summed E-state index contributed by atoms with van der Waals surface area (Å²) in [5, 5.41) is 18.0. The molecule has 0 amide bonds. The molecular formula is C24H28N6O. The number of fused-ring (bicyclic) bond motifs is 1. The number of benzene rings is 1. The smallest absolute Gasteiger partial charge is 0.261 e. The topological polar surface area (TPSA) is 89.7 Å². The maximum absolute atomic E-state index is 12.7. The van der Waals surface area contributed by atoms with E-state index in [9.17, 15) is 10.1 Å². The number of nitrogens with zero attached hydrogens (tertiary/aromatic N) is 4. The molecule has 1 aliphatic carbocycles. The van der Waals surface area contributed by atoms with Crippen molar-refractivity contribution in [3.63, 3.8) is 0 Å². The first-order valence-electron chi connectivity index (χ1n) is 11.1. The average Bonchev–Trinajstić information content (AvgIpc) is 3.46. The van der Waals surface area contributed by atoms with Crippen LogP contribution in [0, 0.1) is 17.2 Å². The molecule has 3 heterocycles. The molecule has 2 aromatic heterocycles. The summed E-state index contributed by atoms with van der Waals surface area (Å²) in [6, 6.07) is 12.6. The number of nitrogens with one attached hydrogen (secondary N) is 2. The van der Waals surface area contributed by atoms with E-state index in [2.05, 4.69) is 59.5 Å². The molecule has 1 unspecified atom stereocenters. The normalized spacial score (nSPS) is 22.5. The number of H-pyrrole nitrogens is 1. The monoisotopic (exact) mass is 416 g/mol. The lowest BCUT2D eigenvalue weighted by molar-refractivity contribution is 0.197. The standard InChI is InChI=1S/C24H28N6O/c1-24(12-3-15-29(24)2)17-6-8-18(9-7-17)27-22-21-20(11-14-26-23(21)31)30(28-22)19(10-13-25)16-4-5-16/h6-9,11,14,16,19H,3-5,10,12,15H2,1-2H3,(H,26,31)(H,27,28)/t19-,24?/m0/s1. The van der Waals surface area contributed by atoms with Gasteiger partial charge in [0.25, 0.3) is 5.56 Å². The van der Waals surface area contributed by atoms with Crippen molar-refractivity contribution in [2.45, 2.75) is 50.6 Å². The quantitative estimate of drug-likeness (QED) is 0.626. The summed E-state index contributed by atoms with van der Waals surface area (Å²) in [4.78, 5) is 17.8. The van der Waals surface area contributed by atoms with Crippen LogP contribution in [0.2, 0.25) is 0 Å². The van der Waals surface area contributed by atoms with Gasteiger partial charge in [-0.1, -0.05) is 12.1 Å². The zero-order valence-corrected chi connectivity index (χ0v) is 18.1. The van der Waals surface area contributed by atoms with Crippen molar-refractivity contribution in [3.8, 4) is 6.07 Å². The van der Waals surface area contributed by atoms with Gasteiger partial charge >= 0.3 is 0 Å². The highest BCUT2D eigenvalue weighted by molar-refractivity contribution is 5.91. The van der Waals surface area contributed by atoms with E-state index in [4.69, 9.17) is 5.10 Å². The SMILES string of the molecule is CN1CCCC1(C)c1ccc(Nc2nn([C@@H](CC#N)C3CC3)c3cc[nH]c(=O)c23)cc1. The molecule has 1 saturated carbocycles. The first-order chi connectivity index (χ1) is 15.0. The lowest BCUT2D eigenvalue weighted by Gasteiger charge is -2.33. The van der Waals surface area contributed by atoms with Gasteiger partial charge in [-0.3, -0.25) is 14.4 Å². The highest BCUT2D eigenvalue weighted by Crippen LogP contribution is 2.43. The maximum Gasteiger partial charge on any atom is 0.261 e. The Hall–Kier alpha value is -3.11. The molecule has 2 aliphatic rings. The number of aromatic nitrogens is 3. The van der Waals surface area contributed by atoms with Gasteiger partial charge in [-0.2, -0.15) is 10.4 Å². The number of rotatable bonds is 6. The second kappa shape index (κ2) is 7.54. The summed E-state index contributed by atoms with van der Waals surface area (Å²) in [7, 11) is 2.18. The highest BCUT2D eigenvalue weighted by atomic mass is 16.1. The zero-order chi connectivity index (χ0) is 21.6. The molecule has 1 aromatic carbocycles. The fourth-order valence-electron chi connectivity index (χ4n) is 4.98. The van der Waals surface area contributed by atoms with E-state index in [1.165, 1.54) is 12.0 Å². The molecule has 160 valence electrons. The summed E-state index contributed by atoms with van der Waals surface area (Å²) >= 11 is 0. The molecule has 5 rings (SSSR count). The van der Waals surface area contributed by atoms with Crippen molar-refractivity contribution in [1.29, 1.82) is 5.26 Å². The van der Waals surface area contributed by atoms with Gasteiger partial charge in [-0.15, -0.1) is 0 Å². The predicted molar refractivity (Wildman–Crippen MR) is 121 cm³/mol. The van der Waals surface area contributed by atoms with Gasteiger partial charge in [0, 0.05) is 17.4 Å². The lowest BCUT2D eigenvalue weighted by Crippen LogP contribution is -2.35. The summed E-state index contributed by atoms with van der Waals surface area (Å²) in [6.07, 6.45) is 6.62. The van der Waals surface area contributed by atoms with Crippen LogP contribution in [0.4, 0.5) is 11.5 Å². The van der Waals surface area contributed by atoms with E-state index in [1.807, 2.05) is 10.7 Å². The van der Waals surface area contributed by atoms with Crippen LogP contribution in [-0.2, 0) is 5.54 Å². The molecule has 2 fully saturated rings. The summed E-state index contributed by atoms with van der Waals surface area (Å²) < 4.78 is 1.89. The van der Waals surface area contributed by atoms with Crippen LogP contribution in [0.3, 0.4) is 0 Å². The molecule has 7 heteroatoms. The van der Waals surface area contributed by atoms with Crippen LogP contribution in [0.25, 0.3) is 10.9 Å². The molecule has 1 aliphatic heterocycles. The molecule has 1 saturated heterocycles. The summed E-state index contributed by atoms with van der Waals surface area (Å²) in [6.45, 7) is 3.41. The molecule has 3 aromatic rings. The second-order valence-corrected chi connectivity index (χ2v) is 9.13. The molecule has 7 nitrogen and oxygen atoms in total. The maximum atomic E-state index is 12.7. The minimum atomic E-state index is -0.172. The van der Waals surface area contributed by atoms with Gasteiger partial charge in [0.1, 0.15) is 5.39 Å². The van der Waals surface area contributed by atoms with Gasteiger partial charge in [0.15, 0.2) is 5.82 Å².